The highest BCUT2D eigenvalue weighted by Gasteiger charge is 2.18. The monoisotopic (exact) mass is 394 g/mol. The zero-order valence-corrected chi connectivity index (χ0v) is 15.6. The number of nitrogens with one attached hydrogen (secondary N) is 1. The zero-order chi connectivity index (χ0) is 20.1. The molecule has 0 bridgehead atoms. The number of hydrogen-bond acceptors (Lipinski definition) is 4. The number of Topliss-reactive ketones (excluding diaryl/α,β-unsaturated/α-hetero) is 1. The van der Waals surface area contributed by atoms with Crippen LogP contribution in [0.1, 0.15) is 26.3 Å². The van der Waals surface area contributed by atoms with Crippen molar-refractivity contribution in [3.05, 3.63) is 95.6 Å². The van der Waals surface area contributed by atoms with E-state index in [2.05, 4.69) is 4.72 Å². The zero-order valence-electron chi connectivity index (χ0n) is 14.8. The second-order valence-corrected chi connectivity index (χ2v) is 7.80. The fraction of sp³-hybridized carbons (Fsp3) is 0.0476. The van der Waals surface area contributed by atoms with Gasteiger partial charge in [-0.15, -0.1) is 0 Å². The van der Waals surface area contributed by atoms with Crippen LogP contribution in [0.15, 0.2) is 83.8 Å². The predicted octanol–water partition coefficient (Wildman–Crippen LogP) is 3.01. The van der Waals surface area contributed by atoms with Crippen molar-refractivity contribution in [2.75, 3.05) is 4.72 Å². The van der Waals surface area contributed by atoms with Crippen LogP contribution in [0.25, 0.3) is 0 Å². The van der Waals surface area contributed by atoms with E-state index in [0.29, 0.717) is 11.3 Å². The van der Waals surface area contributed by atoms with Gasteiger partial charge in [-0.2, -0.15) is 0 Å². The molecule has 1 amide bonds. The Bertz CT molecular complexity index is 1130. The van der Waals surface area contributed by atoms with Crippen LogP contribution in [0.5, 0.6) is 0 Å². The van der Waals surface area contributed by atoms with Gasteiger partial charge in [0.1, 0.15) is 0 Å². The van der Waals surface area contributed by atoms with Gasteiger partial charge in [0.2, 0.25) is 5.91 Å². The van der Waals surface area contributed by atoms with E-state index >= 15 is 0 Å². The van der Waals surface area contributed by atoms with Crippen molar-refractivity contribution >= 4 is 27.4 Å². The van der Waals surface area contributed by atoms with Crippen LogP contribution in [-0.4, -0.2) is 20.1 Å². The minimum atomic E-state index is -3.84. The maximum absolute atomic E-state index is 12.7. The number of anilines is 1. The van der Waals surface area contributed by atoms with Crippen LogP contribution in [0.2, 0.25) is 0 Å². The van der Waals surface area contributed by atoms with E-state index in [1.54, 1.807) is 54.6 Å². The van der Waals surface area contributed by atoms with Gasteiger partial charge in [0, 0.05) is 23.2 Å². The highest BCUT2D eigenvalue weighted by Crippen LogP contribution is 2.19. The fourth-order valence-electron chi connectivity index (χ4n) is 2.75. The Labute approximate surface area is 163 Å². The largest absolute Gasteiger partial charge is 0.366 e. The normalized spacial score (nSPS) is 11.0. The Morgan fingerprint density at radius 2 is 1.54 bits per heavy atom. The summed E-state index contributed by atoms with van der Waals surface area (Å²) in [5.74, 6) is -0.933. The van der Waals surface area contributed by atoms with Crippen LogP contribution in [-0.2, 0) is 16.4 Å². The van der Waals surface area contributed by atoms with Crippen molar-refractivity contribution in [2.24, 2.45) is 5.73 Å². The average Bonchev–Trinajstić information content (AvgIpc) is 2.69. The van der Waals surface area contributed by atoms with Crippen molar-refractivity contribution in [1.82, 2.24) is 0 Å². The van der Waals surface area contributed by atoms with E-state index in [1.165, 1.54) is 24.3 Å². The molecule has 0 fully saturated rings. The molecule has 3 rings (SSSR count). The number of ketones is 1. The third-order valence-corrected chi connectivity index (χ3v) is 5.51. The maximum Gasteiger partial charge on any atom is 0.261 e. The topological polar surface area (TPSA) is 106 Å². The lowest BCUT2D eigenvalue weighted by atomic mass is 9.98. The van der Waals surface area contributed by atoms with Gasteiger partial charge in [-0.25, -0.2) is 8.42 Å². The summed E-state index contributed by atoms with van der Waals surface area (Å²) >= 11 is 0. The third-order valence-electron chi connectivity index (χ3n) is 4.13. The number of amides is 1. The molecule has 0 saturated heterocycles. The highest BCUT2D eigenvalue weighted by molar-refractivity contribution is 7.92. The van der Waals surface area contributed by atoms with Crippen molar-refractivity contribution in [1.29, 1.82) is 0 Å². The Morgan fingerprint density at radius 1 is 0.857 bits per heavy atom. The number of sulfonamides is 1. The Morgan fingerprint density at radius 3 is 2.25 bits per heavy atom. The molecule has 0 aromatic heterocycles. The summed E-state index contributed by atoms with van der Waals surface area (Å²) in [6.45, 7) is 0. The summed E-state index contributed by atoms with van der Waals surface area (Å²) in [4.78, 5) is 24.2. The van der Waals surface area contributed by atoms with Crippen LogP contribution >= 0.6 is 0 Å². The van der Waals surface area contributed by atoms with E-state index in [1.807, 2.05) is 0 Å². The van der Waals surface area contributed by atoms with Crippen molar-refractivity contribution in [2.45, 2.75) is 11.3 Å². The maximum atomic E-state index is 12.7. The van der Waals surface area contributed by atoms with Crippen molar-refractivity contribution in [3.8, 4) is 0 Å². The van der Waals surface area contributed by atoms with Crippen LogP contribution < -0.4 is 10.5 Å². The molecule has 3 aromatic carbocycles. The lowest BCUT2D eigenvalue weighted by molar-refractivity contribution is 0.0991. The van der Waals surface area contributed by atoms with E-state index in [-0.39, 0.29) is 28.2 Å². The molecule has 0 saturated carbocycles. The molecule has 0 heterocycles. The van der Waals surface area contributed by atoms with Gasteiger partial charge >= 0.3 is 0 Å². The SMILES string of the molecule is NC(=O)c1ccccc1CC(=O)c1cccc(S(=O)(=O)Nc2ccccc2)c1. The summed E-state index contributed by atoms with van der Waals surface area (Å²) in [7, 11) is -3.84. The van der Waals surface area contributed by atoms with Gasteiger partial charge in [-0.3, -0.25) is 14.3 Å². The molecule has 0 spiro atoms. The standard InChI is InChI=1S/C21H18N2O4S/c22-21(25)19-12-5-4-7-15(19)14-20(24)16-8-6-11-18(13-16)28(26,27)23-17-9-2-1-3-10-17/h1-13,23H,14H2,(H2,22,25). The quantitative estimate of drug-likeness (QED) is 0.601. The molecular formula is C21H18N2O4S. The number of carbonyl (C=O) groups excluding carboxylic acids is 2. The molecule has 28 heavy (non-hydrogen) atoms. The molecule has 142 valence electrons. The molecule has 0 aliphatic rings. The van der Waals surface area contributed by atoms with Crippen LogP contribution in [0.4, 0.5) is 5.69 Å². The summed E-state index contributed by atoms with van der Waals surface area (Å²) in [5.41, 5.74) is 6.77. The fourth-order valence-corrected chi connectivity index (χ4v) is 3.85. The van der Waals surface area contributed by atoms with Gasteiger partial charge in [-0.05, 0) is 35.9 Å². The summed E-state index contributed by atoms with van der Waals surface area (Å²) in [5, 5.41) is 0. The predicted molar refractivity (Wildman–Crippen MR) is 107 cm³/mol. The number of benzene rings is 3. The van der Waals surface area contributed by atoms with E-state index < -0.39 is 15.9 Å². The van der Waals surface area contributed by atoms with Gasteiger partial charge in [0.05, 0.1) is 4.90 Å². The van der Waals surface area contributed by atoms with Gasteiger partial charge in [0.25, 0.3) is 10.0 Å². The molecule has 0 aliphatic carbocycles. The number of primary amides is 1. The summed E-state index contributed by atoms with van der Waals surface area (Å²) < 4.78 is 27.7. The van der Waals surface area contributed by atoms with E-state index in [4.69, 9.17) is 5.73 Å². The molecule has 0 atom stereocenters. The summed E-state index contributed by atoms with van der Waals surface area (Å²) in [6.07, 6.45) is -0.0608. The first-order valence-corrected chi connectivity index (χ1v) is 9.94. The van der Waals surface area contributed by atoms with E-state index in [0.717, 1.165) is 0 Å². The minimum Gasteiger partial charge on any atom is -0.366 e. The van der Waals surface area contributed by atoms with Gasteiger partial charge < -0.3 is 5.73 Å². The highest BCUT2D eigenvalue weighted by atomic mass is 32.2. The van der Waals surface area contributed by atoms with Crippen molar-refractivity contribution < 1.29 is 18.0 Å². The van der Waals surface area contributed by atoms with Gasteiger partial charge in [-0.1, -0.05) is 48.5 Å². The molecule has 6 nitrogen and oxygen atoms in total. The van der Waals surface area contributed by atoms with Crippen molar-refractivity contribution in [3.63, 3.8) is 0 Å². The van der Waals surface area contributed by atoms with E-state index in [9.17, 15) is 18.0 Å². The number of hydrogen-bond donors (Lipinski definition) is 2. The average molecular weight is 394 g/mol. The first-order valence-electron chi connectivity index (χ1n) is 8.46. The molecule has 3 aromatic rings. The van der Waals surface area contributed by atoms with Crippen LogP contribution in [0, 0.1) is 0 Å². The first-order chi connectivity index (χ1) is 13.4. The number of para-hydroxylation sites is 1. The molecule has 3 N–H and O–H groups in total. The minimum absolute atomic E-state index is 0.0228. The molecule has 7 heteroatoms. The third kappa shape index (κ3) is 4.44. The number of nitrogens with two attached hydrogens (primary N) is 1. The van der Waals surface area contributed by atoms with Crippen LogP contribution in [0.3, 0.4) is 0 Å². The van der Waals surface area contributed by atoms with Gasteiger partial charge in [0.15, 0.2) is 5.78 Å². The lowest BCUT2D eigenvalue weighted by Crippen LogP contribution is -2.16. The molecule has 0 aliphatic heterocycles. The molecule has 0 unspecified atom stereocenters. The smallest absolute Gasteiger partial charge is 0.261 e. The molecule has 0 radical (unpaired) electrons. The summed E-state index contributed by atoms with van der Waals surface area (Å²) in [6, 6.07) is 20.8. The molecular weight excluding hydrogens is 376 g/mol. The second-order valence-electron chi connectivity index (χ2n) is 6.12. The number of carbonyl (C=O) groups is 2. The number of rotatable bonds is 7. The Hall–Kier alpha value is -3.45. The lowest BCUT2D eigenvalue weighted by Gasteiger charge is -2.10. The first kappa shape index (κ1) is 19.3. The Kier molecular flexibility index (Phi) is 5.56. The second kappa shape index (κ2) is 8.06. The Balaban J connectivity index is 1.85.